The number of pyridine rings is 2. The molecule has 6 rings (SSSR count). The van der Waals surface area contributed by atoms with Crippen LogP contribution in [0.3, 0.4) is 0 Å². The average Bonchev–Trinajstić information content (AvgIpc) is 3.17. The molecule has 0 unspecified atom stereocenters. The van der Waals surface area contributed by atoms with Crippen molar-refractivity contribution < 1.29 is 0 Å². The predicted molar refractivity (Wildman–Crippen MR) is 147 cm³/mol. The van der Waals surface area contributed by atoms with Crippen molar-refractivity contribution in [2.75, 3.05) is 49.5 Å². The summed E-state index contributed by atoms with van der Waals surface area (Å²) < 4.78 is 1.30. The number of benzene rings is 1. The normalized spacial score (nSPS) is 18.8. The molecule has 7 heteroatoms. The third kappa shape index (κ3) is 4.12. The molecule has 0 bridgehead atoms. The van der Waals surface area contributed by atoms with Crippen molar-refractivity contribution in [3.8, 4) is 23.6 Å². The van der Waals surface area contributed by atoms with Gasteiger partial charge in [0.1, 0.15) is 11.5 Å². The van der Waals surface area contributed by atoms with Crippen molar-refractivity contribution in [2.45, 2.75) is 26.4 Å². The Morgan fingerprint density at radius 1 is 1.11 bits per heavy atom. The number of thiophene rings is 1. The fraction of sp³-hybridized carbons (Fsp3) is 0.357. The molecule has 2 aliphatic rings. The molecule has 3 aromatic heterocycles. The van der Waals surface area contributed by atoms with Gasteiger partial charge in [-0.05, 0) is 49.9 Å². The second kappa shape index (κ2) is 9.12. The summed E-state index contributed by atoms with van der Waals surface area (Å²) in [6, 6.07) is 13.2. The largest absolute Gasteiger partial charge is 0.382 e. The van der Waals surface area contributed by atoms with Gasteiger partial charge >= 0.3 is 0 Å². The highest BCUT2D eigenvalue weighted by atomic mass is 32.1. The van der Waals surface area contributed by atoms with Crippen LogP contribution >= 0.6 is 11.3 Å². The maximum Gasteiger partial charge on any atom is 0.130 e. The first-order chi connectivity index (χ1) is 17.1. The highest BCUT2D eigenvalue weighted by Gasteiger charge is 2.21. The number of nitrogens with one attached hydrogen (secondary N) is 2. The van der Waals surface area contributed by atoms with Gasteiger partial charge in [0.15, 0.2) is 0 Å². The molecule has 2 N–H and O–H groups in total. The lowest BCUT2D eigenvalue weighted by Crippen LogP contribution is -2.46. The van der Waals surface area contributed by atoms with Crippen LogP contribution in [0.4, 0.5) is 11.5 Å². The minimum atomic E-state index is 0.445. The number of likely N-dealkylation sites (N-methyl/N-ethyl adjacent to an activating group) is 1. The molecule has 1 saturated heterocycles. The summed E-state index contributed by atoms with van der Waals surface area (Å²) in [5.74, 6) is 3.69. The van der Waals surface area contributed by atoms with Gasteiger partial charge in [-0.1, -0.05) is 12.8 Å². The highest BCUT2D eigenvalue weighted by molar-refractivity contribution is 7.20. The van der Waals surface area contributed by atoms with Crippen LogP contribution in [0, 0.1) is 12.3 Å². The Morgan fingerprint density at radius 2 is 1.97 bits per heavy atom. The van der Waals surface area contributed by atoms with Crippen LogP contribution in [0.25, 0.3) is 32.2 Å². The van der Waals surface area contributed by atoms with Crippen LogP contribution in [0.5, 0.6) is 0 Å². The molecule has 0 radical (unpaired) electrons. The summed E-state index contributed by atoms with van der Waals surface area (Å²) >= 11 is 1.86. The first-order valence-electron chi connectivity index (χ1n) is 12.4. The molecule has 1 aromatic carbocycles. The van der Waals surface area contributed by atoms with Gasteiger partial charge in [0.05, 0.1) is 16.9 Å². The van der Waals surface area contributed by atoms with Gasteiger partial charge in [0.2, 0.25) is 0 Å². The Kier molecular flexibility index (Phi) is 5.81. The molecular formula is C28H30N6S. The van der Waals surface area contributed by atoms with Crippen LogP contribution in [0.15, 0.2) is 36.4 Å². The molecule has 6 nitrogen and oxygen atoms in total. The van der Waals surface area contributed by atoms with E-state index in [1.54, 1.807) is 0 Å². The number of nitrogens with zero attached hydrogens (tertiary/aromatic N) is 4. The van der Waals surface area contributed by atoms with E-state index in [4.69, 9.17) is 16.4 Å². The summed E-state index contributed by atoms with van der Waals surface area (Å²) in [7, 11) is 0. The molecule has 0 aliphatic carbocycles. The third-order valence-corrected chi connectivity index (χ3v) is 8.35. The van der Waals surface area contributed by atoms with Gasteiger partial charge in [0.25, 0.3) is 0 Å². The highest BCUT2D eigenvalue weighted by Crippen LogP contribution is 2.41. The van der Waals surface area contributed by atoms with E-state index in [1.165, 1.54) is 26.0 Å². The van der Waals surface area contributed by atoms with E-state index < -0.39 is 0 Å². The quantitative estimate of drug-likeness (QED) is 0.418. The molecule has 1 fully saturated rings. The van der Waals surface area contributed by atoms with Gasteiger partial charge in [-0.15, -0.1) is 17.8 Å². The maximum atomic E-state index is 5.80. The van der Waals surface area contributed by atoms with E-state index in [0.29, 0.717) is 11.7 Å². The van der Waals surface area contributed by atoms with E-state index >= 15 is 0 Å². The monoisotopic (exact) mass is 482 g/mol. The number of piperazine rings is 1. The first-order valence-corrected chi connectivity index (χ1v) is 13.2. The van der Waals surface area contributed by atoms with Crippen LogP contribution < -0.4 is 15.5 Å². The number of fused-ring (bicyclic) bond motifs is 5. The number of hydrogen-bond donors (Lipinski definition) is 2. The Labute approximate surface area is 210 Å². The Morgan fingerprint density at radius 3 is 2.77 bits per heavy atom. The van der Waals surface area contributed by atoms with Gasteiger partial charge in [-0.25, -0.2) is 9.97 Å². The SMILES string of the molecule is C#Cc1cc(-c2ccc3c(ccc4sc5c(c43)NC[C@@H](C)NC5)n2)cc(N2CCN(CC)CC2)n1. The van der Waals surface area contributed by atoms with E-state index in [-0.39, 0.29) is 0 Å². The van der Waals surface area contributed by atoms with Crippen molar-refractivity contribution >= 4 is 43.8 Å². The molecule has 0 spiro atoms. The van der Waals surface area contributed by atoms with E-state index in [2.05, 4.69) is 70.5 Å². The zero-order valence-electron chi connectivity index (χ0n) is 20.3. The molecular weight excluding hydrogens is 452 g/mol. The van der Waals surface area contributed by atoms with Crippen molar-refractivity contribution in [3.63, 3.8) is 0 Å². The van der Waals surface area contributed by atoms with Crippen molar-refractivity contribution in [2.24, 2.45) is 0 Å². The molecule has 0 saturated carbocycles. The molecule has 35 heavy (non-hydrogen) atoms. The number of terminal acetylenes is 1. The summed E-state index contributed by atoms with van der Waals surface area (Å²) in [6.07, 6.45) is 5.80. The van der Waals surface area contributed by atoms with E-state index in [0.717, 1.165) is 68.4 Å². The number of rotatable bonds is 3. The number of anilines is 2. The molecule has 4 aromatic rings. The summed E-state index contributed by atoms with van der Waals surface area (Å²) in [5.41, 5.74) is 4.85. The Bertz CT molecular complexity index is 1440. The molecule has 5 heterocycles. The topological polar surface area (TPSA) is 56.3 Å². The lowest BCUT2D eigenvalue weighted by atomic mass is 10.1. The fourth-order valence-electron chi connectivity index (χ4n) is 5.11. The average molecular weight is 483 g/mol. The van der Waals surface area contributed by atoms with Crippen LogP contribution in [0.2, 0.25) is 0 Å². The second-order valence-corrected chi connectivity index (χ2v) is 10.6. The second-order valence-electron chi connectivity index (χ2n) is 9.43. The minimum absolute atomic E-state index is 0.445. The van der Waals surface area contributed by atoms with Crippen LogP contribution in [-0.4, -0.2) is 60.2 Å². The van der Waals surface area contributed by atoms with Gasteiger partial charge in [-0.3, -0.25) is 0 Å². The summed E-state index contributed by atoms with van der Waals surface area (Å²) in [4.78, 5) is 16.0. The van der Waals surface area contributed by atoms with Gasteiger partial charge in [-0.2, -0.15) is 0 Å². The third-order valence-electron chi connectivity index (χ3n) is 7.19. The maximum absolute atomic E-state index is 5.80. The van der Waals surface area contributed by atoms with Gasteiger partial charge in [0, 0.05) is 71.2 Å². The number of hydrogen-bond acceptors (Lipinski definition) is 7. The molecule has 0 amide bonds. The van der Waals surface area contributed by atoms with Crippen molar-refractivity contribution in [3.05, 3.63) is 47.0 Å². The van der Waals surface area contributed by atoms with Gasteiger partial charge < -0.3 is 20.4 Å². The predicted octanol–water partition coefficient (Wildman–Crippen LogP) is 4.54. The molecule has 1 atom stereocenters. The smallest absolute Gasteiger partial charge is 0.130 e. The zero-order chi connectivity index (χ0) is 23.9. The molecule has 2 aliphatic heterocycles. The van der Waals surface area contributed by atoms with Crippen molar-refractivity contribution in [1.29, 1.82) is 0 Å². The minimum Gasteiger partial charge on any atom is -0.382 e. The summed E-state index contributed by atoms with van der Waals surface area (Å²) in [5, 5.41) is 9.75. The Balaban J connectivity index is 1.40. The van der Waals surface area contributed by atoms with E-state index in [9.17, 15) is 0 Å². The van der Waals surface area contributed by atoms with Crippen LogP contribution in [0.1, 0.15) is 24.4 Å². The lowest BCUT2D eigenvalue weighted by Gasteiger charge is -2.35. The Hall–Kier alpha value is -3.18. The van der Waals surface area contributed by atoms with E-state index in [1.807, 2.05) is 17.4 Å². The molecule has 178 valence electrons. The lowest BCUT2D eigenvalue weighted by molar-refractivity contribution is 0.270. The fourth-order valence-corrected chi connectivity index (χ4v) is 6.26. The first kappa shape index (κ1) is 22.3. The summed E-state index contributed by atoms with van der Waals surface area (Å²) in [6.45, 7) is 11.3. The van der Waals surface area contributed by atoms with Crippen LogP contribution in [-0.2, 0) is 6.54 Å². The standard InChI is InChI=1S/C28H30N6S/c1-4-20-14-19(15-26(31-20)34-12-10-33(5-2)11-13-34)22-7-6-21-23(32-22)8-9-24-27(21)28-25(35-24)17-29-18(3)16-30-28/h1,6-9,14-15,18,29-30H,5,10-13,16-17H2,2-3H3/t18-/m1/s1. The zero-order valence-corrected chi connectivity index (χ0v) is 21.1. The number of aromatic nitrogens is 2. The van der Waals surface area contributed by atoms with Crippen molar-refractivity contribution in [1.82, 2.24) is 20.2 Å².